The fraction of sp³-hybridized carbons (Fsp3) is 0.833. The van der Waals surface area contributed by atoms with Gasteiger partial charge in [0.15, 0.2) is 0 Å². The Hall–Kier alpha value is -0.380. The summed E-state index contributed by atoms with van der Waals surface area (Å²) in [7, 11) is 0. The van der Waals surface area contributed by atoms with E-state index in [2.05, 4.69) is 21.2 Å². The number of piperidine rings is 1. The molecule has 2 amide bonds. The number of hydrogen-bond donors (Lipinski definition) is 1. The van der Waals surface area contributed by atoms with Crippen LogP contribution in [0.5, 0.6) is 0 Å². The van der Waals surface area contributed by atoms with Crippen molar-refractivity contribution in [3.8, 4) is 0 Å². The lowest BCUT2D eigenvalue weighted by Gasteiger charge is -2.49. The van der Waals surface area contributed by atoms with E-state index in [9.17, 15) is 9.59 Å². The standard InChI is InChI=1S/C12H16BrNO2/c13-9-5-4-8-10-6(9)2-1-3-7(10)11(15)14-12(8)16/h6-10H,1-5H2,(H,14,15,16). The Kier molecular flexibility index (Phi) is 2.57. The molecule has 1 heterocycles. The first kappa shape index (κ1) is 10.8. The summed E-state index contributed by atoms with van der Waals surface area (Å²) in [6, 6.07) is 0. The summed E-state index contributed by atoms with van der Waals surface area (Å²) in [4.78, 5) is 24.2. The SMILES string of the molecule is O=C1NC(=O)C2CCC(Br)C3CCCC1C23. The molecule has 4 heteroatoms. The second-order valence-corrected chi connectivity index (χ2v) is 6.51. The average molecular weight is 286 g/mol. The van der Waals surface area contributed by atoms with Crippen LogP contribution in [0, 0.1) is 23.7 Å². The van der Waals surface area contributed by atoms with Crippen molar-refractivity contribution >= 4 is 27.7 Å². The first-order chi connectivity index (χ1) is 7.68. The highest BCUT2D eigenvalue weighted by molar-refractivity contribution is 9.09. The summed E-state index contributed by atoms with van der Waals surface area (Å²) in [6.45, 7) is 0. The van der Waals surface area contributed by atoms with Crippen molar-refractivity contribution in [1.82, 2.24) is 5.32 Å². The normalized spacial score (nSPS) is 47.2. The van der Waals surface area contributed by atoms with Crippen LogP contribution in [0.2, 0.25) is 0 Å². The Bertz CT molecular complexity index is 328. The van der Waals surface area contributed by atoms with Crippen molar-refractivity contribution in [2.24, 2.45) is 23.7 Å². The van der Waals surface area contributed by atoms with Gasteiger partial charge in [0.2, 0.25) is 11.8 Å². The number of carbonyl (C=O) groups is 2. The molecule has 0 spiro atoms. The van der Waals surface area contributed by atoms with E-state index >= 15 is 0 Å². The smallest absolute Gasteiger partial charge is 0.229 e. The van der Waals surface area contributed by atoms with Crippen molar-refractivity contribution in [2.75, 3.05) is 0 Å². The van der Waals surface area contributed by atoms with E-state index in [1.165, 1.54) is 6.42 Å². The Morgan fingerprint density at radius 1 is 1.00 bits per heavy atom. The molecule has 1 saturated heterocycles. The Morgan fingerprint density at radius 3 is 2.44 bits per heavy atom. The molecule has 0 radical (unpaired) electrons. The van der Waals surface area contributed by atoms with Gasteiger partial charge in [-0.25, -0.2) is 0 Å². The number of amides is 2. The zero-order valence-electron chi connectivity index (χ0n) is 9.12. The fourth-order valence-electron chi connectivity index (χ4n) is 3.92. The topological polar surface area (TPSA) is 46.2 Å². The third kappa shape index (κ3) is 1.45. The maximum absolute atomic E-state index is 11.8. The molecule has 3 aliphatic rings. The van der Waals surface area contributed by atoms with Crippen LogP contribution in [0.4, 0.5) is 0 Å². The van der Waals surface area contributed by atoms with Crippen LogP contribution in [-0.2, 0) is 9.59 Å². The first-order valence-electron chi connectivity index (χ1n) is 6.17. The summed E-state index contributed by atoms with van der Waals surface area (Å²) in [5.41, 5.74) is 0. The molecule has 0 bridgehead atoms. The van der Waals surface area contributed by atoms with Crippen molar-refractivity contribution in [3.05, 3.63) is 0 Å². The van der Waals surface area contributed by atoms with E-state index in [0.717, 1.165) is 25.7 Å². The quantitative estimate of drug-likeness (QED) is 0.545. The zero-order valence-corrected chi connectivity index (χ0v) is 10.7. The van der Waals surface area contributed by atoms with Gasteiger partial charge in [-0.15, -0.1) is 0 Å². The number of halogens is 1. The molecule has 88 valence electrons. The van der Waals surface area contributed by atoms with Crippen molar-refractivity contribution in [2.45, 2.75) is 36.9 Å². The number of hydrogen-bond acceptors (Lipinski definition) is 2. The fourth-order valence-corrected chi connectivity index (χ4v) is 4.80. The number of alkyl halides is 1. The molecule has 2 aliphatic carbocycles. The van der Waals surface area contributed by atoms with Gasteiger partial charge in [0.25, 0.3) is 0 Å². The molecule has 0 aromatic carbocycles. The lowest BCUT2D eigenvalue weighted by atomic mass is 9.59. The van der Waals surface area contributed by atoms with Crippen LogP contribution < -0.4 is 5.32 Å². The maximum Gasteiger partial charge on any atom is 0.229 e. The van der Waals surface area contributed by atoms with Gasteiger partial charge in [0, 0.05) is 16.7 Å². The van der Waals surface area contributed by atoms with Crippen molar-refractivity contribution in [3.63, 3.8) is 0 Å². The number of imide groups is 1. The summed E-state index contributed by atoms with van der Waals surface area (Å²) in [6.07, 6.45) is 5.28. The van der Waals surface area contributed by atoms with Gasteiger partial charge in [-0.3, -0.25) is 14.9 Å². The van der Waals surface area contributed by atoms with Crippen LogP contribution in [0.1, 0.15) is 32.1 Å². The monoisotopic (exact) mass is 285 g/mol. The van der Waals surface area contributed by atoms with Gasteiger partial charge in [-0.1, -0.05) is 22.4 Å². The molecular formula is C12H16BrNO2. The average Bonchev–Trinajstić information content (AvgIpc) is 2.27. The Balaban J connectivity index is 1.95. The second kappa shape index (κ2) is 3.83. The molecular weight excluding hydrogens is 270 g/mol. The van der Waals surface area contributed by atoms with E-state index in [1.807, 2.05) is 0 Å². The molecule has 1 aliphatic heterocycles. The van der Waals surface area contributed by atoms with Crippen molar-refractivity contribution in [1.29, 1.82) is 0 Å². The summed E-state index contributed by atoms with van der Waals surface area (Å²) >= 11 is 3.74. The van der Waals surface area contributed by atoms with E-state index in [4.69, 9.17) is 0 Å². The van der Waals surface area contributed by atoms with Crippen LogP contribution >= 0.6 is 15.9 Å². The lowest BCUT2D eigenvalue weighted by molar-refractivity contribution is -0.149. The van der Waals surface area contributed by atoms with Crippen molar-refractivity contribution < 1.29 is 9.59 Å². The third-order valence-electron chi connectivity index (χ3n) is 4.61. The van der Waals surface area contributed by atoms with E-state index in [-0.39, 0.29) is 23.7 Å². The molecule has 3 rings (SSSR count). The van der Waals surface area contributed by atoms with Gasteiger partial charge in [-0.05, 0) is 37.5 Å². The highest BCUT2D eigenvalue weighted by atomic mass is 79.9. The Morgan fingerprint density at radius 2 is 1.69 bits per heavy atom. The molecule has 16 heavy (non-hydrogen) atoms. The van der Waals surface area contributed by atoms with E-state index in [1.54, 1.807) is 0 Å². The molecule has 3 fully saturated rings. The number of nitrogens with one attached hydrogen (secondary N) is 1. The van der Waals surface area contributed by atoms with Crippen LogP contribution in [0.3, 0.4) is 0 Å². The van der Waals surface area contributed by atoms with E-state index < -0.39 is 0 Å². The molecule has 1 N–H and O–H groups in total. The zero-order chi connectivity index (χ0) is 11.3. The van der Waals surface area contributed by atoms with Gasteiger partial charge >= 0.3 is 0 Å². The minimum atomic E-state index is -0.0162. The largest absolute Gasteiger partial charge is 0.296 e. The molecule has 5 atom stereocenters. The number of carbonyl (C=O) groups excluding carboxylic acids is 2. The minimum Gasteiger partial charge on any atom is -0.296 e. The van der Waals surface area contributed by atoms with Gasteiger partial charge in [0.1, 0.15) is 0 Å². The third-order valence-corrected chi connectivity index (χ3v) is 5.75. The van der Waals surface area contributed by atoms with Gasteiger partial charge in [0.05, 0.1) is 0 Å². The van der Waals surface area contributed by atoms with Gasteiger partial charge in [-0.2, -0.15) is 0 Å². The second-order valence-electron chi connectivity index (χ2n) is 5.33. The predicted octanol–water partition coefficient (Wildman–Crippen LogP) is 1.85. The highest BCUT2D eigenvalue weighted by Crippen LogP contribution is 2.50. The number of rotatable bonds is 0. The maximum atomic E-state index is 11.8. The summed E-state index contributed by atoms with van der Waals surface area (Å²) < 4.78 is 0. The first-order valence-corrected chi connectivity index (χ1v) is 7.09. The van der Waals surface area contributed by atoms with Gasteiger partial charge < -0.3 is 0 Å². The van der Waals surface area contributed by atoms with Crippen LogP contribution in [0.25, 0.3) is 0 Å². The van der Waals surface area contributed by atoms with Crippen LogP contribution in [-0.4, -0.2) is 16.6 Å². The predicted molar refractivity (Wildman–Crippen MR) is 62.9 cm³/mol. The molecule has 0 aromatic heterocycles. The van der Waals surface area contributed by atoms with E-state index in [0.29, 0.717) is 16.7 Å². The molecule has 2 saturated carbocycles. The summed E-state index contributed by atoms with van der Waals surface area (Å²) in [5, 5.41) is 2.56. The summed E-state index contributed by atoms with van der Waals surface area (Å²) in [5.74, 6) is 1.01. The molecule has 0 aromatic rings. The lowest BCUT2D eigenvalue weighted by Crippen LogP contribution is -2.58. The Labute approximate surface area is 103 Å². The minimum absolute atomic E-state index is 0.0162. The molecule has 5 unspecified atom stereocenters. The molecule has 3 nitrogen and oxygen atoms in total. The van der Waals surface area contributed by atoms with Crippen LogP contribution in [0.15, 0.2) is 0 Å². The highest BCUT2D eigenvalue weighted by Gasteiger charge is 2.52.